The van der Waals surface area contributed by atoms with Gasteiger partial charge in [-0.05, 0) is 44.6 Å². The van der Waals surface area contributed by atoms with Crippen LogP contribution in [0, 0.1) is 0 Å². The van der Waals surface area contributed by atoms with Gasteiger partial charge in [-0.2, -0.15) is 0 Å². The number of rotatable bonds is 3. The molecule has 19 heavy (non-hydrogen) atoms. The Hall–Kier alpha value is -1.61. The van der Waals surface area contributed by atoms with Crippen LogP contribution in [0.5, 0.6) is 0 Å². The molecule has 1 aliphatic rings. The van der Waals surface area contributed by atoms with Crippen molar-refractivity contribution in [1.29, 1.82) is 0 Å². The first-order chi connectivity index (χ1) is 9.16. The normalized spacial score (nSPS) is 17.8. The van der Waals surface area contributed by atoms with E-state index < -0.39 is 0 Å². The summed E-state index contributed by atoms with van der Waals surface area (Å²) >= 11 is 0. The molecule has 3 heteroatoms. The van der Waals surface area contributed by atoms with Crippen LogP contribution in [0.2, 0.25) is 0 Å². The maximum Gasteiger partial charge on any atom is 0.246 e. The highest BCUT2D eigenvalue weighted by Gasteiger charge is 2.22. The van der Waals surface area contributed by atoms with Crippen LogP contribution >= 0.6 is 0 Å². The lowest BCUT2D eigenvalue weighted by Crippen LogP contribution is -2.43. The molecule has 0 bridgehead atoms. The molecule has 2 rings (SSSR count). The van der Waals surface area contributed by atoms with Crippen LogP contribution in [0.3, 0.4) is 0 Å². The van der Waals surface area contributed by atoms with Gasteiger partial charge in [0, 0.05) is 19.2 Å². The van der Waals surface area contributed by atoms with Crippen LogP contribution in [0.1, 0.15) is 18.4 Å². The van der Waals surface area contributed by atoms with E-state index in [4.69, 9.17) is 0 Å². The summed E-state index contributed by atoms with van der Waals surface area (Å²) in [6.45, 7) is 2.15. The summed E-state index contributed by atoms with van der Waals surface area (Å²) in [6.07, 6.45) is 5.69. The van der Waals surface area contributed by atoms with Gasteiger partial charge in [0.1, 0.15) is 0 Å². The third kappa shape index (κ3) is 3.93. The molecule has 3 nitrogen and oxygen atoms in total. The summed E-state index contributed by atoms with van der Waals surface area (Å²) in [4.78, 5) is 16.3. The zero-order chi connectivity index (χ0) is 13.7. The maximum atomic E-state index is 12.1. The van der Waals surface area contributed by atoms with Gasteiger partial charge in [-0.3, -0.25) is 4.79 Å². The molecule has 1 amide bonds. The molecule has 1 saturated heterocycles. The minimum absolute atomic E-state index is 0.0957. The molecule has 0 radical (unpaired) electrons. The number of hydrogen-bond donors (Lipinski definition) is 0. The zero-order valence-corrected chi connectivity index (χ0v) is 11.7. The molecule has 0 aromatic heterocycles. The van der Waals surface area contributed by atoms with E-state index in [1.54, 1.807) is 6.08 Å². The van der Waals surface area contributed by atoms with Gasteiger partial charge in [-0.15, -0.1) is 0 Å². The second kappa shape index (κ2) is 6.53. The predicted molar refractivity (Wildman–Crippen MR) is 78.8 cm³/mol. The number of nitrogens with zero attached hydrogens (tertiary/aromatic N) is 2. The molecule has 1 aromatic rings. The highest BCUT2D eigenvalue weighted by Crippen LogP contribution is 2.14. The van der Waals surface area contributed by atoms with Gasteiger partial charge in [-0.25, -0.2) is 0 Å². The van der Waals surface area contributed by atoms with E-state index in [0.717, 1.165) is 31.5 Å². The Kier molecular flexibility index (Phi) is 4.74. The highest BCUT2D eigenvalue weighted by molar-refractivity contribution is 5.91. The van der Waals surface area contributed by atoms with E-state index >= 15 is 0 Å². The van der Waals surface area contributed by atoms with Crippen molar-refractivity contribution in [2.75, 3.05) is 27.2 Å². The van der Waals surface area contributed by atoms with Crippen molar-refractivity contribution in [3.05, 3.63) is 42.0 Å². The van der Waals surface area contributed by atoms with Crippen LogP contribution in [0.15, 0.2) is 36.4 Å². The van der Waals surface area contributed by atoms with Crippen molar-refractivity contribution in [3.63, 3.8) is 0 Å². The fourth-order valence-corrected chi connectivity index (χ4v) is 2.41. The Morgan fingerprint density at radius 3 is 2.53 bits per heavy atom. The summed E-state index contributed by atoms with van der Waals surface area (Å²) in [7, 11) is 4.04. The van der Waals surface area contributed by atoms with Crippen molar-refractivity contribution >= 4 is 12.0 Å². The number of hydrogen-bond acceptors (Lipinski definition) is 2. The first-order valence-electron chi connectivity index (χ1n) is 6.85. The smallest absolute Gasteiger partial charge is 0.246 e. The van der Waals surface area contributed by atoms with Crippen LogP contribution < -0.4 is 0 Å². The van der Waals surface area contributed by atoms with Crippen LogP contribution in [0.25, 0.3) is 6.08 Å². The average Bonchev–Trinajstić information content (AvgIpc) is 2.46. The van der Waals surface area contributed by atoms with Crippen molar-refractivity contribution in [1.82, 2.24) is 9.80 Å². The molecule has 1 aliphatic heterocycles. The molecule has 0 unspecified atom stereocenters. The van der Waals surface area contributed by atoms with Crippen LogP contribution in [0.4, 0.5) is 0 Å². The van der Waals surface area contributed by atoms with E-state index in [2.05, 4.69) is 11.9 Å². The van der Waals surface area contributed by atoms with Gasteiger partial charge in [0.2, 0.25) is 5.91 Å². The number of likely N-dealkylation sites (tertiary alicyclic amines) is 1. The molecule has 0 N–H and O–H groups in total. The molecule has 0 atom stereocenters. The summed E-state index contributed by atoms with van der Waals surface area (Å²) in [5.74, 6) is 0.0957. The van der Waals surface area contributed by atoms with E-state index in [1.165, 1.54) is 0 Å². The summed E-state index contributed by atoms with van der Waals surface area (Å²) < 4.78 is 0. The second-order valence-electron chi connectivity index (χ2n) is 5.23. The molecule has 0 saturated carbocycles. The molecule has 1 fully saturated rings. The van der Waals surface area contributed by atoms with Crippen molar-refractivity contribution in [3.8, 4) is 0 Å². The second-order valence-corrected chi connectivity index (χ2v) is 5.23. The lowest BCUT2D eigenvalue weighted by atomic mass is 10.0. The van der Waals surface area contributed by atoms with Gasteiger partial charge in [-0.1, -0.05) is 30.3 Å². The number of benzene rings is 1. The lowest BCUT2D eigenvalue weighted by Gasteiger charge is -2.34. The number of amides is 1. The Morgan fingerprint density at radius 1 is 1.26 bits per heavy atom. The Balaban J connectivity index is 1.91. The van der Waals surface area contributed by atoms with Gasteiger partial charge < -0.3 is 9.80 Å². The van der Waals surface area contributed by atoms with Crippen molar-refractivity contribution in [2.24, 2.45) is 0 Å². The monoisotopic (exact) mass is 258 g/mol. The summed E-state index contributed by atoms with van der Waals surface area (Å²) in [6, 6.07) is 10.3. The largest absolute Gasteiger partial charge is 0.339 e. The summed E-state index contributed by atoms with van der Waals surface area (Å²) in [5, 5.41) is 0. The first kappa shape index (κ1) is 13.8. The van der Waals surface area contributed by atoms with E-state index in [1.807, 2.05) is 48.4 Å². The van der Waals surface area contributed by atoms with Crippen LogP contribution in [-0.4, -0.2) is 48.9 Å². The minimum atomic E-state index is 0.0957. The molecule has 0 aliphatic carbocycles. The van der Waals surface area contributed by atoms with Gasteiger partial charge in [0.25, 0.3) is 0 Å². The Labute approximate surface area is 115 Å². The molecule has 0 spiro atoms. The standard InChI is InChI=1S/C16H22N2O/c1-17-12-10-15(11-13-17)18(2)16(19)9-8-14-6-4-3-5-7-14/h3-9,15H,10-13H2,1-2H3/b9-8+. The van der Waals surface area contributed by atoms with E-state index in [0.29, 0.717) is 6.04 Å². The minimum Gasteiger partial charge on any atom is -0.339 e. The third-order valence-electron chi connectivity index (χ3n) is 3.80. The quantitative estimate of drug-likeness (QED) is 0.776. The number of carbonyl (C=O) groups excluding carboxylic acids is 1. The van der Waals surface area contributed by atoms with E-state index in [9.17, 15) is 4.79 Å². The third-order valence-corrected chi connectivity index (χ3v) is 3.80. The van der Waals surface area contributed by atoms with Crippen molar-refractivity contribution in [2.45, 2.75) is 18.9 Å². The van der Waals surface area contributed by atoms with Gasteiger partial charge in [0.05, 0.1) is 0 Å². The maximum absolute atomic E-state index is 12.1. The van der Waals surface area contributed by atoms with Gasteiger partial charge in [0.15, 0.2) is 0 Å². The molecule has 102 valence electrons. The fraction of sp³-hybridized carbons (Fsp3) is 0.438. The van der Waals surface area contributed by atoms with Crippen LogP contribution in [-0.2, 0) is 4.79 Å². The van der Waals surface area contributed by atoms with Crippen molar-refractivity contribution < 1.29 is 4.79 Å². The topological polar surface area (TPSA) is 23.6 Å². The lowest BCUT2D eigenvalue weighted by molar-refractivity contribution is -0.127. The first-order valence-corrected chi connectivity index (χ1v) is 6.85. The summed E-state index contributed by atoms with van der Waals surface area (Å²) in [5.41, 5.74) is 1.06. The molecule has 1 aromatic carbocycles. The zero-order valence-electron chi connectivity index (χ0n) is 11.7. The molecule has 1 heterocycles. The average molecular weight is 258 g/mol. The SMILES string of the molecule is CN1CCC(N(C)C(=O)/C=C/c2ccccc2)CC1. The predicted octanol–water partition coefficient (Wildman–Crippen LogP) is 2.25. The molecular weight excluding hydrogens is 236 g/mol. The van der Waals surface area contributed by atoms with E-state index in [-0.39, 0.29) is 5.91 Å². The molecular formula is C16H22N2O. The fourth-order valence-electron chi connectivity index (χ4n) is 2.41. The number of carbonyl (C=O) groups is 1. The number of piperidine rings is 1. The Morgan fingerprint density at radius 2 is 1.89 bits per heavy atom. The highest BCUT2D eigenvalue weighted by atomic mass is 16.2. The van der Waals surface area contributed by atoms with Gasteiger partial charge >= 0.3 is 0 Å². The Bertz CT molecular complexity index is 433. The number of likely N-dealkylation sites (N-methyl/N-ethyl adjacent to an activating group) is 1.